The molecule has 0 spiro atoms. The van der Waals surface area contributed by atoms with Crippen LogP contribution in [0.3, 0.4) is 0 Å². The largest absolute Gasteiger partial charge is 0.322 e. The number of thiophene rings is 1. The van der Waals surface area contributed by atoms with Crippen LogP contribution in [0.15, 0.2) is 54.0 Å². The van der Waals surface area contributed by atoms with Crippen LogP contribution in [0.2, 0.25) is 0 Å². The van der Waals surface area contributed by atoms with E-state index in [1.54, 1.807) is 52.5 Å². The summed E-state index contributed by atoms with van der Waals surface area (Å²) in [5.41, 5.74) is 3.13. The van der Waals surface area contributed by atoms with Gasteiger partial charge >= 0.3 is 0 Å². The fraction of sp³-hybridized carbons (Fsp3) is 0.100. The van der Waals surface area contributed by atoms with Crippen molar-refractivity contribution >= 4 is 34.0 Å². The molecule has 0 fully saturated rings. The lowest BCUT2D eigenvalue weighted by atomic mass is 10.1. The Morgan fingerprint density at radius 3 is 2.78 bits per heavy atom. The van der Waals surface area contributed by atoms with Gasteiger partial charge in [0.25, 0.3) is 5.91 Å². The van der Waals surface area contributed by atoms with Crippen molar-refractivity contribution in [2.24, 2.45) is 0 Å². The monoisotopic (exact) mass is 373 g/mol. The van der Waals surface area contributed by atoms with Gasteiger partial charge in [0.15, 0.2) is 5.65 Å². The number of carbonyl (C=O) groups excluding carboxylic acids is 1. The SMILES string of the molecule is CCn1ncc2c(C(=O)Nc3ccc(C#N)cc3)cc(-c3cccs3)nc21. The smallest absolute Gasteiger partial charge is 0.256 e. The molecule has 7 heteroatoms. The van der Waals surface area contributed by atoms with E-state index in [0.29, 0.717) is 34.4 Å². The van der Waals surface area contributed by atoms with Crippen molar-refractivity contribution in [1.29, 1.82) is 5.26 Å². The van der Waals surface area contributed by atoms with Gasteiger partial charge in [0, 0.05) is 12.2 Å². The van der Waals surface area contributed by atoms with E-state index >= 15 is 0 Å². The maximum absolute atomic E-state index is 13.0. The molecule has 0 aliphatic heterocycles. The number of amides is 1. The van der Waals surface area contributed by atoms with Crippen molar-refractivity contribution in [2.75, 3.05) is 5.32 Å². The number of benzene rings is 1. The molecule has 0 aliphatic carbocycles. The topological polar surface area (TPSA) is 83.6 Å². The standard InChI is InChI=1S/C20H15N5OS/c1-2-25-19-16(12-22-25)15(10-17(24-19)18-4-3-9-27-18)20(26)23-14-7-5-13(11-21)6-8-14/h3-10,12H,2H2,1H3,(H,23,26). The molecule has 1 aromatic carbocycles. The molecule has 4 aromatic rings. The third-order valence-electron chi connectivity index (χ3n) is 4.20. The summed E-state index contributed by atoms with van der Waals surface area (Å²) in [6, 6.07) is 14.6. The van der Waals surface area contributed by atoms with Gasteiger partial charge < -0.3 is 5.32 Å². The molecular formula is C20H15N5OS. The zero-order chi connectivity index (χ0) is 18.8. The van der Waals surface area contributed by atoms with E-state index in [4.69, 9.17) is 10.2 Å². The summed E-state index contributed by atoms with van der Waals surface area (Å²) in [5.74, 6) is -0.236. The number of hydrogen-bond acceptors (Lipinski definition) is 5. The fourth-order valence-electron chi connectivity index (χ4n) is 2.84. The predicted molar refractivity (Wildman–Crippen MR) is 106 cm³/mol. The van der Waals surface area contributed by atoms with Crippen LogP contribution in [0.25, 0.3) is 21.6 Å². The van der Waals surface area contributed by atoms with Crippen molar-refractivity contribution in [2.45, 2.75) is 13.5 Å². The molecular weight excluding hydrogens is 358 g/mol. The highest BCUT2D eigenvalue weighted by molar-refractivity contribution is 7.13. The van der Waals surface area contributed by atoms with Crippen molar-refractivity contribution in [3.05, 3.63) is 65.2 Å². The van der Waals surface area contributed by atoms with E-state index in [2.05, 4.69) is 16.5 Å². The zero-order valence-electron chi connectivity index (χ0n) is 14.5. The highest BCUT2D eigenvalue weighted by Gasteiger charge is 2.17. The Morgan fingerprint density at radius 1 is 1.30 bits per heavy atom. The third-order valence-corrected chi connectivity index (χ3v) is 5.09. The average Bonchev–Trinajstić information content (AvgIpc) is 3.37. The molecule has 0 aliphatic rings. The van der Waals surface area contributed by atoms with E-state index in [1.165, 1.54) is 0 Å². The minimum absolute atomic E-state index is 0.236. The summed E-state index contributed by atoms with van der Waals surface area (Å²) < 4.78 is 1.78. The molecule has 0 unspecified atom stereocenters. The first-order valence-corrected chi connectivity index (χ1v) is 9.29. The Balaban J connectivity index is 1.78. The molecule has 1 amide bonds. The van der Waals surface area contributed by atoms with E-state index in [-0.39, 0.29) is 5.91 Å². The fourth-order valence-corrected chi connectivity index (χ4v) is 3.53. The van der Waals surface area contributed by atoms with Crippen LogP contribution in [-0.2, 0) is 6.54 Å². The molecule has 1 N–H and O–H groups in total. The molecule has 0 atom stereocenters. The van der Waals surface area contributed by atoms with E-state index < -0.39 is 0 Å². The number of aryl methyl sites for hydroxylation is 1. The van der Waals surface area contributed by atoms with Crippen molar-refractivity contribution in [3.8, 4) is 16.6 Å². The Bertz CT molecular complexity index is 1150. The van der Waals surface area contributed by atoms with Crippen LogP contribution in [0.4, 0.5) is 5.69 Å². The molecule has 4 rings (SSSR count). The lowest BCUT2D eigenvalue weighted by molar-refractivity contribution is 0.102. The molecule has 0 saturated carbocycles. The molecule has 0 bridgehead atoms. The Labute approximate surface area is 159 Å². The normalized spacial score (nSPS) is 10.7. The summed E-state index contributed by atoms with van der Waals surface area (Å²) in [6.45, 7) is 2.66. The molecule has 0 radical (unpaired) electrons. The highest BCUT2D eigenvalue weighted by atomic mass is 32.1. The molecule has 3 aromatic heterocycles. The second kappa shape index (κ2) is 7.02. The first kappa shape index (κ1) is 16.9. The predicted octanol–water partition coefficient (Wildman–Crippen LogP) is 4.30. The number of hydrogen-bond donors (Lipinski definition) is 1. The third kappa shape index (κ3) is 3.18. The van der Waals surface area contributed by atoms with Gasteiger partial charge in [0.2, 0.25) is 0 Å². The first-order chi connectivity index (χ1) is 13.2. The Hall–Kier alpha value is -3.50. The minimum Gasteiger partial charge on any atom is -0.322 e. The number of rotatable bonds is 4. The van der Waals surface area contributed by atoms with Gasteiger partial charge in [-0.3, -0.25) is 4.79 Å². The van der Waals surface area contributed by atoms with Gasteiger partial charge in [0.05, 0.1) is 39.4 Å². The number of fused-ring (bicyclic) bond motifs is 1. The molecule has 3 heterocycles. The van der Waals surface area contributed by atoms with E-state index in [9.17, 15) is 4.79 Å². The molecule has 6 nitrogen and oxygen atoms in total. The van der Waals surface area contributed by atoms with Gasteiger partial charge in [-0.1, -0.05) is 6.07 Å². The molecule has 132 valence electrons. The van der Waals surface area contributed by atoms with Crippen LogP contribution in [0.1, 0.15) is 22.8 Å². The summed E-state index contributed by atoms with van der Waals surface area (Å²) in [6.07, 6.45) is 1.68. The Kier molecular flexibility index (Phi) is 4.40. The average molecular weight is 373 g/mol. The zero-order valence-corrected chi connectivity index (χ0v) is 15.3. The van der Waals surface area contributed by atoms with Gasteiger partial charge in [-0.05, 0) is 48.7 Å². The number of carbonyl (C=O) groups is 1. The second-order valence-electron chi connectivity index (χ2n) is 5.87. The van der Waals surface area contributed by atoms with Gasteiger partial charge in [-0.2, -0.15) is 10.4 Å². The lowest BCUT2D eigenvalue weighted by Crippen LogP contribution is -2.13. The van der Waals surface area contributed by atoms with Gasteiger partial charge in [0.1, 0.15) is 0 Å². The Morgan fingerprint density at radius 2 is 2.11 bits per heavy atom. The number of nitrogens with one attached hydrogen (secondary N) is 1. The number of anilines is 1. The summed E-state index contributed by atoms with van der Waals surface area (Å²) in [7, 11) is 0. The minimum atomic E-state index is -0.236. The number of pyridine rings is 1. The van der Waals surface area contributed by atoms with Gasteiger partial charge in [-0.25, -0.2) is 9.67 Å². The lowest BCUT2D eigenvalue weighted by Gasteiger charge is -2.09. The quantitative estimate of drug-likeness (QED) is 0.578. The van der Waals surface area contributed by atoms with Crippen molar-refractivity contribution in [1.82, 2.24) is 14.8 Å². The van der Waals surface area contributed by atoms with E-state index in [1.807, 2.05) is 24.4 Å². The second-order valence-corrected chi connectivity index (χ2v) is 6.82. The molecule has 0 saturated heterocycles. The summed E-state index contributed by atoms with van der Waals surface area (Å²) in [4.78, 5) is 18.7. The van der Waals surface area contributed by atoms with Crippen molar-refractivity contribution in [3.63, 3.8) is 0 Å². The van der Waals surface area contributed by atoms with Crippen molar-refractivity contribution < 1.29 is 4.79 Å². The van der Waals surface area contributed by atoms with E-state index in [0.717, 1.165) is 10.6 Å². The van der Waals surface area contributed by atoms with Crippen LogP contribution >= 0.6 is 11.3 Å². The highest BCUT2D eigenvalue weighted by Crippen LogP contribution is 2.28. The summed E-state index contributed by atoms with van der Waals surface area (Å²) in [5, 5.41) is 18.8. The maximum atomic E-state index is 13.0. The molecule has 27 heavy (non-hydrogen) atoms. The maximum Gasteiger partial charge on any atom is 0.256 e. The van der Waals surface area contributed by atoms with Gasteiger partial charge in [-0.15, -0.1) is 11.3 Å². The van der Waals surface area contributed by atoms with Crippen LogP contribution < -0.4 is 5.32 Å². The number of nitrogens with zero attached hydrogens (tertiary/aromatic N) is 4. The van der Waals surface area contributed by atoms with Crippen LogP contribution in [-0.4, -0.2) is 20.7 Å². The van der Waals surface area contributed by atoms with Crippen LogP contribution in [0.5, 0.6) is 0 Å². The number of aromatic nitrogens is 3. The number of nitriles is 1. The summed E-state index contributed by atoms with van der Waals surface area (Å²) >= 11 is 1.57. The first-order valence-electron chi connectivity index (χ1n) is 8.41. The van der Waals surface area contributed by atoms with Crippen LogP contribution in [0, 0.1) is 11.3 Å².